The number of sulfonamides is 1. The van der Waals surface area contributed by atoms with Crippen LogP contribution < -0.4 is 4.72 Å². The maximum atomic E-state index is 12.7. The molecule has 2 aromatic rings. The van der Waals surface area contributed by atoms with Gasteiger partial charge in [-0.3, -0.25) is 4.72 Å². The molecule has 0 spiro atoms. The number of benzene rings is 2. The molecule has 7 heteroatoms. The van der Waals surface area contributed by atoms with Gasteiger partial charge in [-0.05, 0) is 74.2 Å². The number of hydrogen-bond acceptors (Lipinski definition) is 2. The average molecular weight is 357 g/mol. The highest BCUT2D eigenvalue weighted by molar-refractivity contribution is 7.92. The van der Waals surface area contributed by atoms with Crippen LogP contribution in [0.3, 0.4) is 0 Å². The second-order valence-corrected chi connectivity index (χ2v) is 7.39. The Labute approximate surface area is 139 Å². The molecule has 24 heavy (non-hydrogen) atoms. The highest BCUT2D eigenvalue weighted by Gasteiger charge is 2.30. The Hall–Kier alpha value is -2.02. The normalized spacial score (nSPS) is 12.3. The predicted octanol–water partition coefficient (Wildman–Crippen LogP) is 4.74. The van der Waals surface area contributed by atoms with Gasteiger partial charge in [-0.1, -0.05) is 6.07 Å². The van der Waals surface area contributed by atoms with E-state index >= 15 is 0 Å². The molecule has 0 aromatic heterocycles. The fourth-order valence-electron chi connectivity index (χ4n) is 2.52. The predicted molar refractivity (Wildman–Crippen MR) is 87.6 cm³/mol. The second-order valence-electron chi connectivity index (χ2n) is 5.77. The average Bonchev–Trinajstić information content (AvgIpc) is 2.44. The molecule has 0 unspecified atom stereocenters. The van der Waals surface area contributed by atoms with Crippen LogP contribution in [0.4, 0.5) is 18.9 Å². The fraction of sp³-hybridized carbons (Fsp3) is 0.294. The summed E-state index contributed by atoms with van der Waals surface area (Å²) in [6, 6.07) is 5.81. The minimum Gasteiger partial charge on any atom is -0.280 e. The molecule has 0 bridgehead atoms. The van der Waals surface area contributed by atoms with Crippen molar-refractivity contribution in [3.05, 3.63) is 58.1 Å². The van der Waals surface area contributed by atoms with Gasteiger partial charge < -0.3 is 0 Å². The van der Waals surface area contributed by atoms with Crippen LogP contribution in [0, 0.1) is 27.7 Å². The monoisotopic (exact) mass is 357 g/mol. The van der Waals surface area contributed by atoms with Gasteiger partial charge in [-0.2, -0.15) is 13.2 Å². The summed E-state index contributed by atoms with van der Waals surface area (Å²) in [6.07, 6.45) is -4.46. The van der Waals surface area contributed by atoms with Crippen molar-refractivity contribution in [2.24, 2.45) is 0 Å². The lowest BCUT2D eigenvalue weighted by Gasteiger charge is -2.17. The van der Waals surface area contributed by atoms with E-state index in [1.54, 1.807) is 13.8 Å². The first-order chi connectivity index (χ1) is 10.9. The Morgan fingerprint density at radius 3 is 1.75 bits per heavy atom. The van der Waals surface area contributed by atoms with Crippen molar-refractivity contribution in [2.45, 2.75) is 38.8 Å². The van der Waals surface area contributed by atoms with Crippen LogP contribution in [0.15, 0.2) is 35.2 Å². The third-order valence-corrected chi connectivity index (χ3v) is 5.68. The third kappa shape index (κ3) is 3.56. The molecule has 3 nitrogen and oxygen atoms in total. The van der Waals surface area contributed by atoms with Crippen molar-refractivity contribution in [1.82, 2.24) is 0 Å². The van der Waals surface area contributed by atoms with E-state index in [2.05, 4.69) is 4.72 Å². The topological polar surface area (TPSA) is 46.2 Å². The summed E-state index contributed by atoms with van der Waals surface area (Å²) in [5.41, 5.74) is 2.18. The van der Waals surface area contributed by atoms with Gasteiger partial charge in [-0.15, -0.1) is 0 Å². The van der Waals surface area contributed by atoms with Crippen LogP contribution >= 0.6 is 0 Å². The van der Waals surface area contributed by atoms with Crippen molar-refractivity contribution in [2.75, 3.05) is 4.72 Å². The molecule has 2 rings (SSSR count). The molecule has 0 saturated heterocycles. The summed E-state index contributed by atoms with van der Waals surface area (Å²) in [5, 5.41) is 0. The van der Waals surface area contributed by atoms with Gasteiger partial charge in [0.2, 0.25) is 0 Å². The molecule has 0 amide bonds. The fourth-order valence-corrected chi connectivity index (χ4v) is 4.19. The van der Waals surface area contributed by atoms with Gasteiger partial charge in [0, 0.05) is 5.69 Å². The molecule has 0 aliphatic heterocycles. The van der Waals surface area contributed by atoms with Crippen LogP contribution in [0.25, 0.3) is 0 Å². The standard InChI is InChI=1S/C17H18F3NO2S/c1-10-9-11(2)13(4)16(12(10)3)24(22,23)21-15-7-5-14(6-8-15)17(18,19)20/h5-9,21H,1-4H3. The highest BCUT2D eigenvalue weighted by atomic mass is 32.2. The largest absolute Gasteiger partial charge is 0.416 e. The molecule has 130 valence electrons. The van der Waals surface area contributed by atoms with Crippen LogP contribution in [0.2, 0.25) is 0 Å². The van der Waals surface area contributed by atoms with Crippen LogP contribution in [0.1, 0.15) is 27.8 Å². The van der Waals surface area contributed by atoms with Gasteiger partial charge in [0.05, 0.1) is 10.5 Å². The molecule has 0 fully saturated rings. The number of aryl methyl sites for hydroxylation is 2. The Bertz CT molecular complexity index is 844. The summed E-state index contributed by atoms with van der Waals surface area (Å²) in [7, 11) is -3.90. The van der Waals surface area contributed by atoms with E-state index in [-0.39, 0.29) is 10.6 Å². The Morgan fingerprint density at radius 2 is 1.33 bits per heavy atom. The van der Waals surface area contributed by atoms with Gasteiger partial charge in [0.1, 0.15) is 0 Å². The van der Waals surface area contributed by atoms with E-state index in [1.807, 2.05) is 19.9 Å². The summed E-state index contributed by atoms with van der Waals surface area (Å²) in [5.74, 6) is 0. The zero-order chi connectivity index (χ0) is 18.3. The molecule has 1 N–H and O–H groups in total. The summed E-state index contributed by atoms with van der Waals surface area (Å²) < 4.78 is 65.5. The van der Waals surface area contributed by atoms with E-state index < -0.39 is 21.8 Å². The lowest BCUT2D eigenvalue weighted by Crippen LogP contribution is -2.17. The van der Waals surface area contributed by atoms with Crippen molar-refractivity contribution in [3.63, 3.8) is 0 Å². The maximum absolute atomic E-state index is 12.7. The molecular weight excluding hydrogens is 339 g/mol. The lowest BCUT2D eigenvalue weighted by molar-refractivity contribution is -0.137. The van der Waals surface area contributed by atoms with E-state index in [9.17, 15) is 21.6 Å². The zero-order valence-electron chi connectivity index (χ0n) is 13.7. The first-order valence-electron chi connectivity index (χ1n) is 7.21. The molecular formula is C17H18F3NO2S. The van der Waals surface area contributed by atoms with E-state index in [0.29, 0.717) is 11.1 Å². The van der Waals surface area contributed by atoms with E-state index in [0.717, 1.165) is 35.4 Å². The van der Waals surface area contributed by atoms with E-state index in [4.69, 9.17) is 0 Å². The van der Waals surface area contributed by atoms with Gasteiger partial charge >= 0.3 is 6.18 Å². The smallest absolute Gasteiger partial charge is 0.280 e. The minimum atomic E-state index is -4.46. The van der Waals surface area contributed by atoms with Gasteiger partial charge in [0.25, 0.3) is 10.0 Å². The molecule has 0 heterocycles. The minimum absolute atomic E-state index is 0.0842. The number of alkyl halides is 3. The Morgan fingerprint density at radius 1 is 0.875 bits per heavy atom. The quantitative estimate of drug-likeness (QED) is 0.862. The number of anilines is 1. The van der Waals surface area contributed by atoms with Crippen molar-refractivity contribution < 1.29 is 21.6 Å². The Kier molecular flexibility index (Phi) is 4.68. The molecule has 0 atom stereocenters. The molecule has 0 saturated carbocycles. The zero-order valence-corrected chi connectivity index (χ0v) is 14.6. The number of nitrogens with one attached hydrogen (secondary N) is 1. The molecule has 0 aliphatic rings. The van der Waals surface area contributed by atoms with Crippen molar-refractivity contribution in [1.29, 1.82) is 0 Å². The molecule has 2 aromatic carbocycles. The summed E-state index contributed by atoms with van der Waals surface area (Å²) in [6.45, 7) is 7.06. The van der Waals surface area contributed by atoms with Gasteiger partial charge in [-0.25, -0.2) is 8.42 Å². The van der Waals surface area contributed by atoms with Crippen molar-refractivity contribution in [3.8, 4) is 0 Å². The molecule has 0 radical (unpaired) electrons. The number of rotatable bonds is 3. The second kappa shape index (κ2) is 6.12. The number of halogens is 3. The number of hydrogen-bond donors (Lipinski definition) is 1. The van der Waals surface area contributed by atoms with Crippen molar-refractivity contribution >= 4 is 15.7 Å². The van der Waals surface area contributed by atoms with Crippen LogP contribution in [0.5, 0.6) is 0 Å². The highest BCUT2D eigenvalue weighted by Crippen LogP contribution is 2.31. The molecule has 0 aliphatic carbocycles. The van der Waals surface area contributed by atoms with Gasteiger partial charge in [0.15, 0.2) is 0 Å². The summed E-state index contributed by atoms with van der Waals surface area (Å²) >= 11 is 0. The first kappa shape index (κ1) is 18.3. The van der Waals surface area contributed by atoms with Crippen LogP contribution in [-0.2, 0) is 16.2 Å². The maximum Gasteiger partial charge on any atom is 0.416 e. The van der Waals surface area contributed by atoms with E-state index in [1.165, 1.54) is 0 Å². The van der Waals surface area contributed by atoms with Crippen LogP contribution in [-0.4, -0.2) is 8.42 Å². The summed E-state index contributed by atoms with van der Waals surface area (Å²) in [4.78, 5) is 0.167. The lowest BCUT2D eigenvalue weighted by atomic mass is 10.0. The first-order valence-corrected chi connectivity index (χ1v) is 8.69. The Balaban J connectivity index is 2.43. The third-order valence-electron chi connectivity index (χ3n) is 4.03. The SMILES string of the molecule is Cc1cc(C)c(C)c(S(=O)(=O)Nc2ccc(C(F)(F)F)cc2)c1C.